The molecule has 0 aromatic heterocycles. The lowest BCUT2D eigenvalue weighted by Gasteiger charge is -2.20. The van der Waals surface area contributed by atoms with E-state index in [4.69, 9.17) is 4.74 Å². The summed E-state index contributed by atoms with van der Waals surface area (Å²) < 4.78 is 5.77. The second-order valence-corrected chi connectivity index (χ2v) is 5.74. The molecule has 3 atom stereocenters. The first kappa shape index (κ1) is 11.3. The van der Waals surface area contributed by atoms with Crippen molar-refractivity contribution in [2.75, 3.05) is 11.9 Å². The van der Waals surface area contributed by atoms with Gasteiger partial charge in [0.15, 0.2) is 0 Å². The molecule has 100 valence electrons. The van der Waals surface area contributed by atoms with Crippen molar-refractivity contribution in [3.63, 3.8) is 0 Å². The molecule has 1 amide bonds. The Morgan fingerprint density at radius 2 is 2.32 bits per heavy atom. The molecule has 4 nitrogen and oxygen atoms in total. The smallest absolute Gasteiger partial charge is 0.251 e. The minimum Gasteiger partial charge on any atom is -0.384 e. The van der Waals surface area contributed by atoms with Crippen LogP contribution >= 0.6 is 0 Å². The molecule has 3 aliphatic heterocycles. The summed E-state index contributed by atoms with van der Waals surface area (Å²) in [6.07, 6.45) is 4.87. The molecule has 1 aromatic carbocycles. The standard InChI is InChI=1S/C15H18N2O2/c18-15(17-13-8-11-3-4-14(13)19-11)10-2-1-9-5-6-16-12(9)7-10/h1-2,7,11,13-14,16H,3-6,8H2,(H,17,18). The van der Waals surface area contributed by atoms with Crippen LogP contribution in [0.4, 0.5) is 5.69 Å². The fraction of sp³-hybridized carbons (Fsp3) is 0.533. The van der Waals surface area contributed by atoms with Crippen LogP contribution in [0.25, 0.3) is 0 Å². The van der Waals surface area contributed by atoms with Crippen molar-refractivity contribution in [2.45, 2.75) is 43.9 Å². The summed E-state index contributed by atoms with van der Waals surface area (Å²) in [4.78, 5) is 12.3. The zero-order chi connectivity index (χ0) is 12.8. The van der Waals surface area contributed by atoms with E-state index in [9.17, 15) is 4.79 Å². The molecule has 0 saturated carbocycles. The summed E-state index contributed by atoms with van der Waals surface area (Å²) in [6.45, 7) is 0.973. The van der Waals surface area contributed by atoms with Gasteiger partial charge in [-0.05, 0) is 43.4 Å². The molecule has 1 aromatic rings. The molecule has 0 spiro atoms. The first-order chi connectivity index (χ1) is 9.29. The first-order valence-corrected chi connectivity index (χ1v) is 7.13. The lowest BCUT2D eigenvalue weighted by atomic mass is 9.95. The Morgan fingerprint density at radius 3 is 3.11 bits per heavy atom. The largest absolute Gasteiger partial charge is 0.384 e. The number of hydrogen-bond acceptors (Lipinski definition) is 3. The Bertz CT molecular complexity index is 529. The molecule has 4 rings (SSSR count). The van der Waals surface area contributed by atoms with Crippen molar-refractivity contribution in [3.8, 4) is 0 Å². The maximum Gasteiger partial charge on any atom is 0.251 e. The molecular weight excluding hydrogens is 240 g/mol. The molecule has 3 aliphatic rings. The van der Waals surface area contributed by atoms with Crippen molar-refractivity contribution in [1.82, 2.24) is 5.32 Å². The predicted molar refractivity (Wildman–Crippen MR) is 72.4 cm³/mol. The molecule has 2 fully saturated rings. The van der Waals surface area contributed by atoms with E-state index in [0.29, 0.717) is 6.10 Å². The monoisotopic (exact) mass is 258 g/mol. The van der Waals surface area contributed by atoms with E-state index in [1.165, 1.54) is 5.56 Å². The molecule has 2 bridgehead atoms. The number of anilines is 1. The number of rotatable bonds is 2. The highest BCUT2D eigenvalue weighted by molar-refractivity contribution is 5.95. The van der Waals surface area contributed by atoms with Gasteiger partial charge in [-0.2, -0.15) is 0 Å². The number of benzene rings is 1. The van der Waals surface area contributed by atoms with Crippen LogP contribution in [0.5, 0.6) is 0 Å². The highest BCUT2D eigenvalue weighted by atomic mass is 16.5. The topological polar surface area (TPSA) is 50.4 Å². The quantitative estimate of drug-likeness (QED) is 0.849. The van der Waals surface area contributed by atoms with Crippen LogP contribution in [0.2, 0.25) is 0 Å². The van der Waals surface area contributed by atoms with E-state index in [0.717, 1.165) is 43.5 Å². The Labute approximate surface area is 112 Å². The molecule has 3 heterocycles. The normalized spacial score (nSPS) is 31.1. The van der Waals surface area contributed by atoms with E-state index in [1.807, 2.05) is 12.1 Å². The van der Waals surface area contributed by atoms with Crippen LogP contribution in [0.1, 0.15) is 35.2 Å². The van der Waals surface area contributed by atoms with Gasteiger partial charge >= 0.3 is 0 Å². The minimum atomic E-state index is 0.0256. The molecule has 0 aliphatic carbocycles. The Balaban J connectivity index is 1.48. The SMILES string of the molecule is O=C(NC1CC2CCC1O2)c1ccc2c(c1)NCC2. The van der Waals surface area contributed by atoms with Crippen LogP contribution in [-0.2, 0) is 11.2 Å². The molecule has 0 radical (unpaired) electrons. The summed E-state index contributed by atoms with van der Waals surface area (Å²) in [7, 11) is 0. The molecule has 19 heavy (non-hydrogen) atoms. The van der Waals surface area contributed by atoms with E-state index < -0.39 is 0 Å². The number of carbonyl (C=O) groups excluding carboxylic acids is 1. The molecular formula is C15H18N2O2. The second-order valence-electron chi connectivity index (χ2n) is 5.74. The Morgan fingerprint density at radius 1 is 1.37 bits per heavy atom. The predicted octanol–water partition coefficient (Wildman–Crippen LogP) is 1.70. The maximum absolute atomic E-state index is 12.3. The number of hydrogen-bond donors (Lipinski definition) is 2. The number of ether oxygens (including phenoxy) is 1. The van der Waals surface area contributed by atoms with Gasteiger partial charge in [0.05, 0.1) is 18.2 Å². The van der Waals surface area contributed by atoms with Crippen LogP contribution in [0.3, 0.4) is 0 Å². The third-order valence-corrected chi connectivity index (χ3v) is 4.50. The number of nitrogens with one attached hydrogen (secondary N) is 2. The summed E-state index contributed by atoms with van der Waals surface area (Å²) >= 11 is 0. The van der Waals surface area contributed by atoms with Gasteiger partial charge in [0.1, 0.15) is 0 Å². The summed E-state index contributed by atoms with van der Waals surface area (Å²) in [5.41, 5.74) is 3.16. The van der Waals surface area contributed by atoms with Gasteiger partial charge in [0.25, 0.3) is 5.91 Å². The van der Waals surface area contributed by atoms with Crippen LogP contribution in [0.15, 0.2) is 18.2 Å². The lowest BCUT2D eigenvalue weighted by Crippen LogP contribution is -2.41. The maximum atomic E-state index is 12.3. The second kappa shape index (κ2) is 4.23. The van der Waals surface area contributed by atoms with E-state index >= 15 is 0 Å². The highest BCUT2D eigenvalue weighted by Gasteiger charge is 2.41. The third-order valence-electron chi connectivity index (χ3n) is 4.50. The Kier molecular flexibility index (Phi) is 2.52. The minimum absolute atomic E-state index is 0.0256. The van der Waals surface area contributed by atoms with Gasteiger partial charge in [-0.15, -0.1) is 0 Å². The zero-order valence-corrected chi connectivity index (χ0v) is 10.8. The summed E-state index contributed by atoms with van der Waals surface area (Å²) in [5, 5.41) is 6.44. The van der Waals surface area contributed by atoms with E-state index in [1.54, 1.807) is 0 Å². The summed E-state index contributed by atoms with van der Waals surface area (Å²) in [5.74, 6) is 0.0256. The number of fused-ring (bicyclic) bond motifs is 3. The average Bonchev–Trinajstić information content (AvgIpc) is 3.13. The fourth-order valence-electron chi connectivity index (χ4n) is 3.47. The highest BCUT2D eigenvalue weighted by Crippen LogP contribution is 2.34. The van der Waals surface area contributed by atoms with Gasteiger partial charge in [0.2, 0.25) is 0 Å². The molecule has 2 saturated heterocycles. The number of amides is 1. The Hall–Kier alpha value is -1.55. The van der Waals surface area contributed by atoms with Crippen molar-refractivity contribution >= 4 is 11.6 Å². The zero-order valence-electron chi connectivity index (χ0n) is 10.8. The van der Waals surface area contributed by atoms with Crippen molar-refractivity contribution in [3.05, 3.63) is 29.3 Å². The van der Waals surface area contributed by atoms with Crippen LogP contribution < -0.4 is 10.6 Å². The van der Waals surface area contributed by atoms with E-state index in [-0.39, 0.29) is 18.1 Å². The lowest BCUT2D eigenvalue weighted by molar-refractivity contribution is 0.0841. The molecule has 2 N–H and O–H groups in total. The third kappa shape index (κ3) is 1.91. The fourth-order valence-corrected chi connectivity index (χ4v) is 3.47. The van der Waals surface area contributed by atoms with Crippen molar-refractivity contribution in [1.29, 1.82) is 0 Å². The van der Waals surface area contributed by atoms with Crippen molar-refractivity contribution < 1.29 is 9.53 Å². The first-order valence-electron chi connectivity index (χ1n) is 7.13. The van der Waals surface area contributed by atoms with Crippen molar-refractivity contribution in [2.24, 2.45) is 0 Å². The van der Waals surface area contributed by atoms with Gasteiger partial charge < -0.3 is 15.4 Å². The average molecular weight is 258 g/mol. The molecule has 4 heteroatoms. The van der Waals surface area contributed by atoms with Crippen LogP contribution in [-0.4, -0.2) is 30.7 Å². The van der Waals surface area contributed by atoms with E-state index in [2.05, 4.69) is 16.7 Å². The van der Waals surface area contributed by atoms with Gasteiger partial charge in [-0.25, -0.2) is 0 Å². The van der Waals surface area contributed by atoms with Crippen LogP contribution in [0, 0.1) is 0 Å². The van der Waals surface area contributed by atoms with Gasteiger partial charge in [0, 0.05) is 17.8 Å². The number of carbonyl (C=O) groups is 1. The molecule has 3 unspecified atom stereocenters. The van der Waals surface area contributed by atoms with Gasteiger partial charge in [-0.3, -0.25) is 4.79 Å². The summed E-state index contributed by atoms with van der Waals surface area (Å²) in [6, 6.07) is 6.15. The van der Waals surface area contributed by atoms with Gasteiger partial charge in [-0.1, -0.05) is 6.07 Å².